The Kier molecular flexibility index (Phi) is 40.8. The van der Waals surface area contributed by atoms with Crippen LogP contribution in [0.5, 0.6) is 0 Å². The van der Waals surface area contributed by atoms with Crippen molar-refractivity contribution in [1.82, 2.24) is 0 Å². The number of esters is 2. The number of hydrogen-bond acceptors (Lipinski definition) is 15. The summed E-state index contributed by atoms with van der Waals surface area (Å²) in [6, 6.07) is 0. The van der Waals surface area contributed by atoms with Crippen LogP contribution in [0, 0.1) is 0 Å². The number of aliphatic hydroxyl groups is 7. The number of carbonyl (C=O) groups excluding carboxylic acids is 2. The summed E-state index contributed by atoms with van der Waals surface area (Å²) in [7, 11) is 0. The normalized spacial score (nSPS) is 25.2. The van der Waals surface area contributed by atoms with Crippen LogP contribution in [0.3, 0.4) is 0 Å². The Balaban J connectivity index is 1.80. The fourth-order valence-electron chi connectivity index (χ4n) is 8.49. The summed E-state index contributed by atoms with van der Waals surface area (Å²) in [4.78, 5) is 25.8. The zero-order valence-electron chi connectivity index (χ0n) is 45.3. The highest BCUT2D eigenvalue weighted by molar-refractivity contribution is 5.70. The lowest BCUT2D eigenvalue weighted by Gasteiger charge is -2.42. The quantitative estimate of drug-likeness (QED) is 0.0171. The summed E-state index contributed by atoms with van der Waals surface area (Å²) in [5.74, 6) is -1.02. The van der Waals surface area contributed by atoms with E-state index in [0.717, 1.165) is 64.2 Å². The first-order valence-electron chi connectivity index (χ1n) is 28.5. The number of aliphatic hydroxyl groups excluding tert-OH is 7. The molecule has 0 aliphatic carbocycles. The maximum absolute atomic E-state index is 13.1. The van der Waals surface area contributed by atoms with Gasteiger partial charge in [-0.2, -0.15) is 0 Å². The highest BCUT2D eigenvalue weighted by atomic mass is 16.7. The fourth-order valence-corrected chi connectivity index (χ4v) is 8.49. The summed E-state index contributed by atoms with van der Waals surface area (Å²) < 4.78 is 33.6. The number of allylic oxidation sites excluding steroid dienone is 12. The summed E-state index contributed by atoms with van der Waals surface area (Å²) in [6.07, 6.45) is 37.9. The molecule has 7 N–H and O–H groups in total. The molecule has 2 fully saturated rings. The van der Waals surface area contributed by atoms with Gasteiger partial charge in [0.05, 0.1) is 19.8 Å². The third-order valence-corrected chi connectivity index (χ3v) is 13.2. The van der Waals surface area contributed by atoms with Gasteiger partial charge < -0.3 is 64.2 Å². The number of ether oxygens (including phenoxy) is 6. The average Bonchev–Trinajstić information content (AvgIpc) is 3.39. The van der Waals surface area contributed by atoms with Gasteiger partial charge in [-0.05, 0) is 77.0 Å². The van der Waals surface area contributed by atoms with E-state index in [-0.39, 0.29) is 19.4 Å². The first-order valence-corrected chi connectivity index (χ1v) is 28.5. The number of rotatable bonds is 44. The third kappa shape index (κ3) is 31.9. The van der Waals surface area contributed by atoms with Crippen molar-refractivity contribution in [2.75, 3.05) is 26.4 Å². The second-order valence-electron chi connectivity index (χ2n) is 19.8. The molecule has 2 saturated heterocycles. The van der Waals surface area contributed by atoms with Crippen LogP contribution < -0.4 is 0 Å². The molecule has 0 aromatic heterocycles. The first-order chi connectivity index (χ1) is 36.0. The predicted molar refractivity (Wildman–Crippen MR) is 289 cm³/mol. The van der Waals surface area contributed by atoms with E-state index in [1.165, 1.54) is 89.9 Å². The molecule has 0 spiro atoms. The van der Waals surface area contributed by atoms with Gasteiger partial charge in [-0.3, -0.25) is 9.59 Å². The maximum Gasteiger partial charge on any atom is 0.306 e. The van der Waals surface area contributed by atoms with Crippen molar-refractivity contribution in [3.8, 4) is 0 Å². The van der Waals surface area contributed by atoms with E-state index < -0.39 is 99.3 Å². The molecule has 2 heterocycles. The molecule has 2 aliphatic heterocycles. The van der Waals surface area contributed by atoms with Gasteiger partial charge >= 0.3 is 11.9 Å². The van der Waals surface area contributed by atoms with Crippen LogP contribution >= 0.6 is 0 Å². The highest BCUT2D eigenvalue weighted by Gasteiger charge is 2.47. The molecule has 0 aromatic carbocycles. The standard InChI is InChI=1S/C59H100O15/c1-3-5-7-9-11-13-15-17-19-21-23-25-27-29-31-33-35-37-39-41-50(61)69-44-47(72-51(62)42-40-38-36-34-32-30-28-26-24-22-20-18-16-14-12-10-8-6-4-2)45-70-58-57(68)55(66)53(64)49(74-58)46-71-59-56(67)54(65)52(63)48(43-60)73-59/h11,13,17-20,23,25,29,31,35,37,47-49,52-60,63-68H,3-10,12,14-16,21-22,24,26-28,30,32-34,36,38-46H2,1-2H3/b13-11+,19-17+,20-18+,25-23+,31-29+,37-35+/t47-,48+,49+,52-,53-,54?,55?,56?,57?,58+,59+/m0/s1. The van der Waals surface area contributed by atoms with E-state index in [4.69, 9.17) is 28.4 Å². The molecule has 2 rings (SSSR count). The number of hydrogen-bond donors (Lipinski definition) is 7. The Bertz CT molecular complexity index is 1560. The van der Waals surface area contributed by atoms with Crippen LogP contribution in [0.4, 0.5) is 0 Å². The van der Waals surface area contributed by atoms with Crippen molar-refractivity contribution in [3.63, 3.8) is 0 Å². The van der Waals surface area contributed by atoms with Crippen LogP contribution in [0.2, 0.25) is 0 Å². The molecule has 15 heteroatoms. The van der Waals surface area contributed by atoms with Gasteiger partial charge in [-0.1, -0.05) is 177 Å². The van der Waals surface area contributed by atoms with Gasteiger partial charge in [0.15, 0.2) is 18.7 Å². The molecule has 11 atom stereocenters. The van der Waals surface area contributed by atoms with Crippen molar-refractivity contribution in [3.05, 3.63) is 72.9 Å². The Morgan fingerprint density at radius 1 is 0.432 bits per heavy atom. The van der Waals surface area contributed by atoms with Gasteiger partial charge in [-0.25, -0.2) is 0 Å². The van der Waals surface area contributed by atoms with E-state index in [2.05, 4.69) is 74.6 Å². The molecule has 4 unspecified atom stereocenters. The monoisotopic (exact) mass is 1050 g/mol. The van der Waals surface area contributed by atoms with Crippen molar-refractivity contribution in [2.45, 2.75) is 261 Å². The second-order valence-corrected chi connectivity index (χ2v) is 19.8. The molecule has 74 heavy (non-hydrogen) atoms. The number of unbranched alkanes of at least 4 members (excludes halogenated alkanes) is 18. The minimum absolute atomic E-state index is 0.0913. The SMILES string of the molecule is CCCCC/C=C/C/C=C/C/C=C/C/C=C/C/C=C/CCC(=O)OC[C@@H](CO[C@@H]1O[C@H](CO[C@@H]2O[C@H](CO)[C@H](O)C(O)C2O)[C@H](O)C(O)C1O)OC(=O)CCCCCCCCCCC/C=C/CCCCCCCC. The highest BCUT2D eigenvalue weighted by Crippen LogP contribution is 2.26. The lowest BCUT2D eigenvalue weighted by molar-refractivity contribution is -0.332. The third-order valence-electron chi connectivity index (χ3n) is 13.2. The molecule has 0 bridgehead atoms. The van der Waals surface area contributed by atoms with Crippen molar-refractivity contribution >= 4 is 11.9 Å². The fraction of sp³-hybridized carbons (Fsp3) is 0.763. The summed E-state index contributed by atoms with van der Waals surface area (Å²) in [5, 5.41) is 72.2. The van der Waals surface area contributed by atoms with Crippen LogP contribution in [-0.4, -0.2) is 142 Å². The Morgan fingerprint density at radius 3 is 1.36 bits per heavy atom. The molecule has 0 aromatic rings. The van der Waals surface area contributed by atoms with E-state index in [1.54, 1.807) is 0 Å². The van der Waals surface area contributed by atoms with Gasteiger partial charge in [0, 0.05) is 12.8 Å². The van der Waals surface area contributed by atoms with Crippen LogP contribution in [0.15, 0.2) is 72.9 Å². The molecule has 2 aliphatic rings. The molecule has 15 nitrogen and oxygen atoms in total. The van der Waals surface area contributed by atoms with Crippen LogP contribution in [0.25, 0.3) is 0 Å². The topological polar surface area (TPSA) is 231 Å². The van der Waals surface area contributed by atoms with Gasteiger partial charge in [-0.15, -0.1) is 0 Å². The van der Waals surface area contributed by atoms with Gasteiger partial charge in [0.25, 0.3) is 0 Å². The Morgan fingerprint density at radius 2 is 0.838 bits per heavy atom. The largest absolute Gasteiger partial charge is 0.462 e. The maximum atomic E-state index is 13.1. The van der Waals surface area contributed by atoms with Gasteiger partial charge in [0.1, 0.15) is 55.4 Å². The Hall–Kier alpha value is -3.06. The van der Waals surface area contributed by atoms with Crippen molar-refractivity contribution in [1.29, 1.82) is 0 Å². The predicted octanol–water partition coefficient (Wildman–Crippen LogP) is 9.38. The molecular formula is C59H100O15. The molecule has 0 amide bonds. The summed E-state index contributed by atoms with van der Waals surface area (Å²) >= 11 is 0. The van der Waals surface area contributed by atoms with Crippen LogP contribution in [0.1, 0.15) is 194 Å². The smallest absolute Gasteiger partial charge is 0.306 e. The Labute approximate surface area is 444 Å². The summed E-state index contributed by atoms with van der Waals surface area (Å²) in [6.45, 7) is 2.49. The molecule has 426 valence electrons. The van der Waals surface area contributed by atoms with E-state index in [0.29, 0.717) is 12.8 Å². The molecular weight excluding hydrogens is 949 g/mol. The molecule has 0 radical (unpaired) electrons. The first kappa shape index (κ1) is 67.1. The lowest BCUT2D eigenvalue weighted by atomic mass is 9.98. The lowest BCUT2D eigenvalue weighted by Crippen LogP contribution is -2.61. The van der Waals surface area contributed by atoms with Crippen molar-refractivity contribution < 1.29 is 73.8 Å². The minimum Gasteiger partial charge on any atom is -0.462 e. The van der Waals surface area contributed by atoms with E-state index in [9.17, 15) is 45.3 Å². The van der Waals surface area contributed by atoms with E-state index in [1.807, 2.05) is 12.2 Å². The van der Waals surface area contributed by atoms with E-state index >= 15 is 0 Å². The number of carbonyl (C=O) groups is 2. The van der Waals surface area contributed by atoms with Crippen molar-refractivity contribution in [2.24, 2.45) is 0 Å². The zero-order chi connectivity index (χ0) is 53.9. The minimum atomic E-state index is -1.78. The van der Waals surface area contributed by atoms with Gasteiger partial charge in [0.2, 0.25) is 0 Å². The van der Waals surface area contributed by atoms with Crippen LogP contribution in [-0.2, 0) is 38.0 Å². The average molecular weight is 1050 g/mol. The zero-order valence-corrected chi connectivity index (χ0v) is 45.3. The molecule has 0 saturated carbocycles. The summed E-state index contributed by atoms with van der Waals surface area (Å²) in [5.41, 5.74) is 0. The second kappa shape index (κ2) is 45.0.